The third-order valence-corrected chi connectivity index (χ3v) is 3.23. The zero-order valence-corrected chi connectivity index (χ0v) is 9.70. The van der Waals surface area contributed by atoms with Gasteiger partial charge in [-0.1, -0.05) is 11.6 Å². The summed E-state index contributed by atoms with van der Waals surface area (Å²) in [6.07, 6.45) is 3.60. The maximum absolute atomic E-state index is 11.0. The van der Waals surface area contributed by atoms with E-state index in [0.717, 1.165) is 18.8 Å². The summed E-state index contributed by atoms with van der Waals surface area (Å²) in [5, 5.41) is 9.28. The Morgan fingerprint density at radius 1 is 1.25 bits per heavy atom. The zero-order chi connectivity index (χ0) is 11.5. The first-order chi connectivity index (χ1) is 7.68. The van der Waals surface area contributed by atoms with Crippen LogP contribution in [0.5, 0.6) is 0 Å². The van der Waals surface area contributed by atoms with Gasteiger partial charge in [-0.15, -0.1) is 0 Å². The maximum atomic E-state index is 11.0. The van der Waals surface area contributed by atoms with Gasteiger partial charge in [0.2, 0.25) is 0 Å². The van der Waals surface area contributed by atoms with Crippen LogP contribution < -0.4 is 4.90 Å². The molecular formula is C12H14ClNO2. The molecule has 4 heteroatoms. The van der Waals surface area contributed by atoms with Crippen molar-refractivity contribution in [3.63, 3.8) is 0 Å². The molecular weight excluding hydrogens is 226 g/mol. The van der Waals surface area contributed by atoms with Gasteiger partial charge >= 0.3 is 5.97 Å². The molecule has 0 bridgehead atoms. The fourth-order valence-corrected chi connectivity index (χ4v) is 2.22. The highest BCUT2D eigenvalue weighted by molar-refractivity contribution is 6.33. The minimum absolute atomic E-state index is 0.185. The number of benzene rings is 1. The summed E-state index contributed by atoms with van der Waals surface area (Å²) in [4.78, 5) is 13.2. The number of carbonyl (C=O) groups is 1. The van der Waals surface area contributed by atoms with Crippen molar-refractivity contribution in [2.75, 3.05) is 18.0 Å². The van der Waals surface area contributed by atoms with Gasteiger partial charge in [-0.2, -0.15) is 0 Å². The molecule has 1 aromatic carbocycles. The number of aromatic carboxylic acids is 1. The van der Waals surface area contributed by atoms with Crippen LogP contribution in [0.2, 0.25) is 5.02 Å². The first-order valence-electron chi connectivity index (χ1n) is 5.46. The third-order valence-electron chi connectivity index (χ3n) is 2.90. The van der Waals surface area contributed by atoms with Gasteiger partial charge in [-0.05, 0) is 37.5 Å². The lowest BCUT2D eigenvalue weighted by Gasteiger charge is -2.29. The summed E-state index contributed by atoms with van der Waals surface area (Å²) >= 11 is 5.83. The largest absolute Gasteiger partial charge is 0.478 e. The predicted octanol–water partition coefficient (Wildman–Crippen LogP) is 3.03. The molecule has 1 fully saturated rings. The number of piperidine rings is 1. The molecule has 1 aromatic rings. The number of carboxylic acid groups (broad SMARTS) is 1. The van der Waals surface area contributed by atoms with Crippen LogP contribution in [0.15, 0.2) is 18.2 Å². The van der Waals surface area contributed by atoms with Crippen LogP contribution >= 0.6 is 11.6 Å². The molecule has 0 radical (unpaired) electrons. The Morgan fingerprint density at radius 3 is 2.56 bits per heavy atom. The molecule has 0 saturated carbocycles. The summed E-state index contributed by atoms with van der Waals surface area (Å²) in [6.45, 7) is 2.00. The third kappa shape index (κ3) is 2.30. The minimum Gasteiger partial charge on any atom is -0.478 e. The number of hydrogen-bond acceptors (Lipinski definition) is 2. The second kappa shape index (κ2) is 4.74. The van der Waals surface area contributed by atoms with Gasteiger partial charge in [0.15, 0.2) is 0 Å². The minimum atomic E-state index is -0.969. The Bertz CT molecular complexity index is 400. The first kappa shape index (κ1) is 11.3. The fourth-order valence-electron chi connectivity index (χ4n) is 2.03. The summed E-state index contributed by atoms with van der Waals surface area (Å²) < 4.78 is 0. The average molecular weight is 240 g/mol. The standard InChI is InChI=1S/C12H14ClNO2/c13-11-5-4-9(8-10(11)12(15)16)14-6-2-1-3-7-14/h4-5,8H,1-3,6-7H2,(H,15,16). The van der Waals surface area contributed by atoms with E-state index < -0.39 is 5.97 Å². The number of rotatable bonds is 2. The van der Waals surface area contributed by atoms with Gasteiger partial charge in [0.1, 0.15) is 0 Å². The Hall–Kier alpha value is -1.22. The van der Waals surface area contributed by atoms with Crippen molar-refractivity contribution in [2.45, 2.75) is 19.3 Å². The van der Waals surface area contributed by atoms with Crippen molar-refractivity contribution in [3.05, 3.63) is 28.8 Å². The summed E-state index contributed by atoms with van der Waals surface area (Å²) in [5.74, 6) is -0.969. The van der Waals surface area contributed by atoms with Crippen molar-refractivity contribution in [3.8, 4) is 0 Å². The van der Waals surface area contributed by atoms with Crippen LogP contribution in [0.25, 0.3) is 0 Å². The van der Waals surface area contributed by atoms with E-state index in [1.165, 1.54) is 19.3 Å². The second-order valence-electron chi connectivity index (χ2n) is 4.02. The highest BCUT2D eigenvalue weighted by Gasteiger charge is 2.14. The van der Waals surface area contributed by atoms with Crippen LogP contribution in [-0.2, 0) is 0 Å². The van der Waals surface area contributed by atoms with E-state index >= 15 is 0 Å². The monoisotopic (exact) mass is 239 g/mol. The van der Waals surface area contributed by atoms with Gasteiger partial charge < -0.3 is 10.0 Å². The van der Waals surface area contributed by atoms with E-state index in [4.69, 9.17) is 16.7 Å². The lowest BCUT2D eigenvalue weighted by molar-refractivity contribution is 0.0697. The number of hydrogen-bond donors (Lipinski definition) is 1. The Kier molecular flexibility index (Phi) is 3.34. The highest BCUT2D eigenvalue weighted by atomic mass is 35.5. The summed E-state index contributed by atoms with van der Waals surface area (Å²) in [5.41, 5.74) is 1.14. The maximum Gasteiger partial charge on any atom is 0.337 e. The van der Waals surface area contributed by atoms with Crippen molar-refractivity contribution >= 4 is 23.3 Å². The molecule has 3 nitrogen and oxygen atoms in total. The van der Waals surface area contributed by atoms with Gasteiger partial charge in [0, 0.05) is 18.8 Å². The van der Waals surface area contributed by atoms with Gasteiger partial charge in [-0.25, -0.2) is 4.79 Å². The number of anilines is 1. The van der Waals surface area contributed by atoms with E-state index in [1.807, 2.05) is 6.07 Å². The molecule has 1 N–H and O–H groups in total. The zero-order valence-electron chi connectivity index (χ0n) is 8.95. The normalized spacial score (nSPS) is 16.2. The van der Waals surface area contributed by atoms with Crippen LogP contribution in [-0.4, -0.2) is 24.2 Å². The lowest BCUT2D eigenvalue weighted by atomic mass is 10.1. The Morgan fingerprint density at radius 2 is 1.94 bits per heavy atom. The van der Waals surface area contributed by atoms with Gasteiger partial charge in [-0.3, -0.25) is 0 Å². The number of carboxylic acids is 1. The molecule has 0 spiro atoms. The van der Waals surface area contributed by atoms with Crippen LogP contribution in [0.4, 0.5) is 5.69 Å². The smallest absolute Gasteiger partial charge is 0.337 e. The molecule has 86 valence electrons. The van der Waals surface area contributed by atoms with Gasteiger partial charge in [0.25, 0.3) is 0 Å². The van der Waals surface area contributed by atoms with Gasteiger partial charge in [0.05, 0.1) is 10.6 Å². The van der Waals surface area contributed by atoms with E-state index in [0.29, 0.717) is 5.02 Å². The Balaban J connectivity index is 2.27. The Labute approximate surface area is 99.6 Å². The van der Waals surface area contributed by atoms with E-state index in [9.17, 15) is 4.79 Å². The quantitative estimate of drug-likeness (QED) is 0.863. The number of halogens is 1. The molecule has 0 aliphatic carbocycles. The highest BCUT2D eigenvalue weighted by Crippen LogP contribution is 2.25. The van der Waals surface area contributed by atoms with Crippen molar-refractivity contribution in [1.82, 2.24) is 0 Å². The fraction of sp³-hybridized carbons (Fsp3) is 0.417. The first-order valence-corrected chi connectivity index (χ1v) is 5.84. The van der Waals surface area contributed by atoms with Crippen molar-refractivity contribution < 1.29 is 9.90 Å². The predicted molar refractivity (Wildman–Crippen MR) is 64.5 cm³/mol. The van der Waals surface area contributed by atoms with E-state index in [2.05, 4.69) is 4.90 Å². The van der Waals surface area contributed by atoms with Crippen LogP contribution in [0.3, 0.4) is 0 Å². The average Bonchev–Trinajstić information content (AvgIpc) is 2.30. The summed E-state index contributed by atoms with van der Waals surface area (Å²) in [6, 6.07) is 5.21. The molecule has 0 unspecified atom stereocenters. The van der Waals surface area contributed by atoms with Crippen molar-refractivity contribution in [2.24, 2.45) is 0 Å². The van der Waals surface area contributed by atoms with E-state index in [1.54, 1.807) is 12.1 Å². The lowest BCUT2D eigenvalue weighted by Crippen LogP contribution is -2.29. The molecule has 16 heavy (non-hydrogen) atoms. The summed E-state index contributed by atoms with van der Waals surface area (Å²) in [7, 11) is 0. The van der Waals surface area contributed by atoms with Crippen LogP contribution in [0.1, 0.15) is 29.6 Å². The van der Waals surface area contributed by atoms with Crippen molar-refractivity contribution in [1.29, 1.82) is 0 Å². The number of nitrogens with zero attached hydrogens (tertiary/aromatic N) is 1. The molecule has 1 aliphatic heterocycles. The van der Waals surface area contributed by atoms with Crippen LogP contribution in [0, 0.1) is 0 Å². The molecule has 1 saturated heterocycles. The second-order valence-corrected chi connectivity index (χ2v) is 4.42. The molecule has 1 heterocycles. The topological polar surface area (TPSA) is 40.5 Å². The molecule has 0 aromatic heterocycles. The van der Waals surface area contributed by atoms with E-state index in [-0.39, 0.29) is 5.56 Å². The molecule has 0 atom stereocenters. The molecule has 1 aliphatic rings. The SMILES string of the molecule is O=C(O)c1cc(N2CCCCC2)ccc1Cl. The molecule has 0 amide bonds. The molecule has 2 rings (SSSR count).